The standard InChI is InChI=1S/C7H4F3NO2.C2HF3O2/c8-7(9,10)5-3-11-2-1-4(5)6(12)13;3-2(4,5)1(6)7/h1-3H,(H,12,13);(H,6,7). The molecule has 0 aliphatic rings. The van der Waals surface area contributed by atoms with Crippen LogP contribution in [-0.2, 0) is 11.0 Å². The summed E-state index contributed by atoms with van der Waals surface area (Å²) in [4.78, 5) is 22.4. The number of hydrogen-bond donors (Lipinski definition) is 2. The molecule has 11 heteroatoms. The third kappa shape index (κ3) is 5.54. The summed E-state index contributed by atoms with van der Waals surface area (Å²) in [5.74, 6) is -4.37. The molecule has 0 aliphatic heterocycles. The summed E-state index contributed by atoms with van der Waals surface area (Å²) in [5.41, 5.74) is -2.02. The number of hydrogen-bond acceptors (Lipinski definition) is 3. The van der Waals surface area contributed by atoms with E-state index in [1.165, 1.54) is 0 Å². The number of alkyl halides is 6. The highest BCUT2D eigenvalue weighted by molar-refractivity contribution is 5.89. The van der Waals surface area contributed by atoms with Gasteiger partial charge in [0, 0.05) is 12.4 Å². The highest BCUT2D eigenvalue weighted by Crippen LogP contribution is 2.31. The molecule has 0 unspecified atom stereocenters. The van der Waals surface area contributed by atoms with Crippen LogP contribution in [0.3, 0.4) is 0 Å². The quantitative estimate of drug-likeness (QED) is 0.778. The topological polar surface area (TPSA) is 87.5 Å². The zero-order chi connectivity index (χ0) is 16.1. The molecule has 0 saturated heterocycles. The van der Waals surface area contributed by atoms with Crippen LogP contribution in [0.25, 0.3) is 0 Å². The maximum absolute atomic E-state index is 12.1. The lowest BCUT2D eigenvalue weighted by Gasteiger charge is -2.07. The van der Waals surface area contributed by atoms with Crippen molar-refractivity contribution in [3.05, 3.63) is 29.6 Å². The van der Waals surface area contributed by atoms with Crippen LogP contribution in [0.5, 0.6) is 0 Å². The third-order valence-electron chi connectivity index (χ3n) is 1.60. The number of carboxylic acids is 2. The zero-order valence-electron chi connectivity index (χ0n) is 9.16. The summed E-state index contributed by atoms with van der Waals surface area (Å²) in [7, 11) is 0. The fourth-order valence-corrected chi connectivity index (χ4v) is 0.807. The Balaban J connectivity index is 0.000000441. The Labute approximate surface area is 106 Å². The molecule has 20 heavy (non-hydrogen) atoms. The van der Waals surface area contributed by atoms with Crippen molar-refractivity contribution in [1.29, 1.82) is 0 Å². The molecule has 1 aromatic heterocycles. The average Bonchev–Trinajstić information content (AvgIpc) is 2.27. The Bertz CT molecular complexity index is 496. The van der Waals surface area contributed by atoms with Crippen molar-refractivity contribution in [3.63, 3.8) is 0 Å². The number of rotatable bonds is 1. The van der Waals surface area contributed by atoms with Crippen LogP contribution in [0, 0.1) is 0 Å². The summed E-state index contributed by atoms with van der Waals surface area (Å²) in [5, 5.41) is 15.5. The lowest BCUT2D eigenvalue weighted by Crippen LogP contribution is -2.21. The molecular formula is C9H5F6NO4. The van der Waals surface area contributed by atoms with Gasteiger partial charge in [0.25, 0.3) is 0 Å². The number of aromatic nitrogens is 1. The van der Waals surface area contributed by atoms with E-state index >= 15 is 0 Å². The lowest BCUT2D eigenvalue weighted by atomic mass is 10.1. The van der Waals surface area contributed by atoms with E-state index in [-0.39, 0.29) is 0 Å². The molecule has 0 spiro atoms. The van der Waals surface area contributed by atoms with E-state index in [1.54, 1.807) is 0 Å². The van der Waals surface area contributed by atoms with Crippen molar-refractivity contribution in [2.75, 3.05) is 0 Å². The van der Waals surface area contributed by atoms with Crippen molar-refractivity contribution in [2.45, 2.75) is 12.4 Å². The minimum absolute atomic E-state index is 0.490. The van der Waals surface area contributed by atoms with Gasteiger partial charge in [-0.1, -0.05) is 0 Å². The Morgan fingerprint density at radius 3 is 1.75 bits per heavy atom. The number of pyridine rings is 1. The maximum Gasteiger partial charge on any atom is 0.490 e. The van der Waals surface area contributed by atoms with Gasteiger partial charge in [0.15, 0.2) is 0 Å². The summed E-state index contributed by atoms with van der Waals surface area (Å²) < 4.78 is 68.1. The van der Waals surface area contributed by atoms with E-state index in [9.17, 15) is 31.1 Å². The van der Waals surface area contributed by atoms with Crippen LogP contribution >= 0.6 is 0 Å². The summed E-state index contributed by atoms with van der Waals surface area (Å²) in [6.45, 7) is 0. The van der Waals surface area contributed by atoms with Gasteiger partial charge in [-0.15, -0.1) is 0 Å². The van der Waals surface area contributed by atoms with E-state index in [1.807, 2.05) is 0 Å². The Hall–Kier alpha value is -2.33. The lowest BCUT2D eigenvalue weighted by molar-refractivity contribution is -0.192. The van der Waals surface area contributed by atoms with E-state index < -0.39 is 35.4 Å². The third-order valence-corrected chi connectivity index (χ3v) is 1.60. The molecule has 1 heterocycles. The maximum atomic E-state index is 12.1. The smallest absolute Gasteiger partial charge is 0.478 e. The van der Waals surface area contributed by atoms with Crippen LogP contribution in [0.2, 0.25) is 0 Å². The van der Waals surface area contributed by atoms with E-state index in [0.29, 0.717) is 6.20 Å². The molecule has 1 rings (SSSR count). The first kappa shape index (κ1) is 17.7. The Morgan fingerprint density at radius 2 is 1.50 bits per heavy atom. The number of carbonyl (C=O) groups is 2. The zero-order valence-corrected chi connectivity index (χ0v) is 9.16. The highest BCUT2D eigenvalue weighted by atomic mass is 19.4. The molecule has 2 N–H and O–H groups in total. The molecular weight excluding hydrogens is 300 g/mol. The molecule has 0 atom stereocenters. The first-order chi connectivity index (χ1) is 8.87. The van der Waals surface area contributed by atoms with Gasteiger partial charge in [-0.2, -0.15) is 26.3 Å². The number of halogens is 6. The molecule has 0 saturated carbocycles. The predicted molar refractivity (Wildman–Crippen MR) is 49.9 cm³/mol. The Morgan fingerprint density at radius 1 is 1.05 bits per heavy atom. The van der Waals surface area contributed by atoms with Crippen molar-refractivity contribution in [1.82, 2.24) is 4.98 Å². The fraction of sp³-hybridized carbons (Fsp3) is 0.222. The van der Waals surface area contributed by atoms with Gasteiger partial charge in [-0.3, -0.25) is 4.98 Å². The Kier molecular flexibility index (Phi) is 5.49. The van der Waals surface area contributed by atoms with Crippen molar-refractivity contribution in [2.24, 2.45) is 0 Å². The molecule has 1 aromatic rings. The first-order valence-corrected chi connectivity index (χ1v) is 4.42. The van der Waals surface area contributed by atoms with Crippen LogP contribution in [0.1, 0.15) is 15.9 Å². The fourth-order valence-electron chi connectivity index (χ4n) is 0.807. The van der Waals surface area contributed by atoms with Crippen molar-refractivity contribution >= 4 is 11.9 Å². The van der Waals surface area contributed by atoms with Crippen LogP contribution < -0.4 is 0 Å². The molecule has 0 radical (unpaired) electrons. The highest BCUT2D eigenvalue weighted by Gasteiger charge is 2.38. The van der Waals surface area contributed by atoms with E-state index in [0.717, 1.165) is 12.3 Å². The van der Waals surface area contributed by atoms with E-state index in [2.05, 4.69) is 4.98 Å². The molecule has 5 nitrogen and oxygen atoms in total. The van der Waals surface area contributed by atoms with Gasteiger partial charge in [-0.05, 0) is 6.07 Å². The van der Waals surface area contributed by atoms with Gasteiger partial charge in [0.2, 0.25) is 0 Å². The van der Waals surface area contributed by atoms with Crippen molar-refractivity contribution in [3.8, 4) is 0 Å². The van der Waals surface area contributed by atoms with Gasteiger partial charge < -0.3 is 10.2 Å². The number of nitrogens with zero attached hydrogens (tertiary/aromatic N) is 1. The van der Waals surface area contributed by atoms with Gasteiger partial charge in [0.1, 0.15) is 0 Å². The predicted octanol–water partition coefficient (Wildman–Crippen LogP) is 2.43. The second-order valence-electron chi connectivity index (χ2n) is 3.03. The number of aliphatic carboxylic acids is 1. The minimum atomic E-state index is -5.08. The average molecular weight is 305 g/mol. The molecule has 112 valence electrons. The van der Waals surface area contributed by atoms with Crippen LogP contribution in [0.4, 0.5) is 26.3 Å². The summed E-state index contributed by atoms with van der Waals surface area (Å²) >= 11 is 0. The van der Waals surface area contributed by atoms with E-state index in [4.69, 9.17) is 15.0 Å². The second-order valence-corrected chi connectivity index (χ2v) is 3.03. The van der Waals surface area contributed by atoms with Crippen molar-refractivity contribution < 1.29 is 46.1 Å². The van der Waals surface area contributed by atoms with Gasteiger partial charge in [0.05, 0.1) is 11.1 Å². The van der Waals surface area contributed by atoms with Gasteiger partial charge in [-0.25, -0.2) is 9.59 Å². The second kappa shape index (κ2) is 6.21. The normalized spacial score (nSPS) is 11.3. The molecule has 0 bridgehead atoms. The molecule has 0 fully saturated rings. The molecule has 0 aliphatic carbocycles. The largest absolute Gasteiger partial charge is 0.490 e. The minimum Gasteiger partial charge on any atom is -0.478 e. The van der Waals surface area contributed by atoms with Crippen LogP contribution in [-0.4, -0.2) is 33.3 Å². The first-order valence-electron chi connectivity index (χ1n) is 4.42. The SMILES string of the molecule is O=C(O)C(F)(F)F.O=C(O)c1ccncc1C(F)(F)F. The summed E-state index contributed by atoms with van der Waals surface area (Å²) in [6, 6.07) is 0.811. The number of aromatic carboxylic acids is 1. The molecule has 0 amide bonds. The number of carboxylic acid groups (broad SMARTS) is 2. The summed E-state index contributed by atoms with van der Waals surface area (Å²) in [6.07, 6.45) is -8.27. The molecule has 0 aromatic carbocycles. The van der Waals surface area contributed by atoms with Crippen LogP contribution in [0.15, 0.2) is 18.5 Å². The van der Waals surface area contributed by atoms with Gasteiger partial charge >= 0.3 is 24.3 Å². The monoisotopic (exact) mass is 305 g/mol.